The van der Waals surface area contributed by atoms with Crippen molar-refractivity contribution in [1.29, 1.82) is 0 Å². The number of rotatable bonds is 3. The van der Waals surface area contributed by atoms with Gasteiger partial charge in [0.25, 0.3) is 0 Å². The lowest BCUT2D eigenvalue weighted by atomic mass is 9.80. The number of esters is 1. The van der Waals surface area contributed by atoms with E-state index in [0.717, 1.165) is 5.56 Å². The summed E-state index contributed by atoms with van der Waals surface area (Å²) in [5, 5.41) is 10.5. The lowest BCUT2D eigenvalue weighted by molar-refractivity contribution is -0.134. The number of ketones is 1. The smallest absolute Gasteiger partial charge is 0.336 e. The standard InChI is InChI=1S/C16H14O4/c17-14-9-13-12(8-15(18)20-13)10-16(14,19)7-6-11-4-2-1-3-5-11/h1-5,8-9,19H,6-7,10H2. The van der Waals surface area contributed by atoms with Gasteiger partial charge in [0.05, 0.1) is 0 Å². The van der Waals surface area contributed by atoms with Gasteiger partial charge in [0.2, 0.25) is 0 Å². The molecule has 0 fully saturated rings. The Morgan fingerprint density at radius 2 is 1.90 bits per heavy atom. The van der Waals surface area contributed by atoms with E-state index in [1.54, 1.807) is 0 Å². The van der Waals surface area contributed by atoms with E-state index in [1.165, 1.54) is 12.2 Å². The fraction of sp³-hybridized carbons (Fsp3) is 0.250. The minimum atomic E-state index is -1.45. The summed E-state index contributed by atoms with van der Waals surface area (Å²) in [6.45, 7) is 0. The molecule has 0 spiro atoms. The van der Waals surface area contributed by atoms with Gasteiger partial charge in [-0.3, -0.25) is 4.79 Å². The number of hydrogen-bond acceptors (Lipinski definition) is 4. The number of hydrogen-bond donors (Lipinski definition) is 1. The van der Waals surface area contributed by atoms with Crippen LogP contribution in [-0.2, 0) is 20.7 Å². The number of carbonyl (C=O) groups excluding carboxylic acids is 2. The molecule has 102 valence electrons. The van der Waals surface area contributed by atoms with Gasteiger partial charge >= 0.3 is 5.97 Å². The van der Waals surface area contributed by atoms with Crippen molar-refractivity contribution in [1.82, 2.24) is 0 Å². The van der Waals surface area contributed by atoms with Gasteiger partial charge in [0.1, 0.15) is 11.4 Å². The summed E-state index contributed by atoms with van der Waals surface area (Å²) in [6, 6.07) is 9.68. The topological polar surface area (TPSA) is 63.6 Å². The molecule has 1 aromatic rings. The fourth-order valence-corrected chi connectivity index (χ4v) is 2.54. The summed E-state index contributed by atoms with van der Waals surface area (Å²) in [5.41, 5.74) is 0.223. The second kappa shape index (κ2) is 4.72. The molecule has 0 aromatic heterocycles. The molecule has 3 rings (SSSR count). The van der Waals surface area contributed by atoms with E-state index >= 15 is 0 Å². The van der Waals surface area contributed by atoms with Crippen molar-refractivity contribution in [2.24, 2.45) is 0 Å². The molecular weight excluding hydrogens is 256 g/mol. The number of carbonyl (C=O) groups is 2. The molecule has 1 heterocycles. The highest BCUT2D eigenvalue weighted by Gasteiger charge is 2.42. The van der Waals surface area contributed by atoms with Crippen LogP contribution in [0.5, 0.6) is 0 Å². The molecule has 4 heteroatoms. The van der Waals surface area contributed by atoms with Crippen LogP contribution in [0.15, 0.2) is 53.8 Å². The van der Waals surface area contributed by atoms with Crippen molar-refractivity contribution in [3.05, 3.63) is 59.4 Å². The lowest BCUT2D eigenvalue weighted by Crippen LogP contribution is -2.41. The molecule has 1 unspecified atom stereocenters. The van der Waals surface area contributed by atoms with Gasteiger partial charge in [-0.2, -0.15) is 0 Å². The van der Waals surface area contributed by atoms with Crippen LogP contribution in [0, 0.1) is 0 Å². The third-order valence-electron chi connectivity index (χ3n) is 3.69. The summed E-state index contributed by atoms with van der Waals surface area (Å²) in [5.74, 6) is -0.592. The van der Waals surface area contributed by atoms with Crippen molar-refractivity contribution >= 4 is 11.8 Å². The Labute approximate surface area is 116 Å². The molecule has 1 aliphatic heterocycles. The first kappa shape index (κ1) is 12.8. The molecule has 4 nitrogen and oxygen atoms in total. The summed E-state index contributed by atoms with van der Waals surface area (Å²) >= 11 is 0. The first-order valence-electron chi connectivity index (χ1n) is 6.52. The number of aryl methyl sites for hydroxylation is 1. The lowest BCUT2D eigenvalue weighted by Gasteiger charge is -2.29. The Morgan fingerprint density at radius 1 is 1.15 bits per heavy atom. The van der Waals surface area contributed by atoms with Gasteiger partial charge < -0.3 is 9.84 Å². The van der Waals surface area contributed by atoms with Crippen molar-refractivity contribution in [2.45, 2.75) is 24.9 Å². The SMILES string of the molecule is O=C1C=C2CC(O)(CCc3ccccc3)C(=O)C=C2O1. The Kier molecular flexibility index (Phi) is 3.03. The van der Waals surface area contributed by atoms with Crippen LogP contribution >= 0.6 is 0 Å². The molecule has 0 amide bonds. The molecule has 0 saturated heterocycles. The molecule has 2 aliphatic rings. The molecule has 20 heavy (non-hydrogen) atoms. The van der Waals surface area contributed by atoms with E-state index in [1.807, 2.05) is 30.3 Å². The number of fused-ring (bicyclic) bond motifs is 1. The van der Waals surface area contributed by atoms with Crippen molar-refractivity contribution in [2.75, 3.05) is 0 Å². The quantitative estimate of drug-likeness (QED) is 0.849. The number of aliphatic hydroxyl groups is 1. The Balaban J connectivity index is 1.77. The number of benzene rings is 1. The van der Waals surface area contributed by atoms with Gasteiger partial charge in [0, 0.05) is 24.1 Å². The molecule has 0 radical (unpaired) electrons. The first-order chi connectivity index (χ1) is 9.57. The number of allylic oxidation sites excluding steroid dienone is 1. The Morgan fingerprint density at radius 3 is 2.65 bits per heavy atom. The highest BCUT2D eigenvalue weighted by Crippen LogP contribution is 2.36. The Hall–Kier alpha value is -2.20. The van der Waals surface area contributed by atoms with Crippen LogP contribution in [0.25, 0.3) is 0 Å². The second-order valence-corrected chi connectivity index (χ2v) is 5.16. The maximum Gasteiger partial charge on any atom is 0.336 e. The maximum atomic E-state index is 12.0. The summed E-state index contributed by atoms with van der Waals surface area (Å²) in [4.78, 5) is 23.2. The second-order valence-electron chi connectivity index (χ2n) is 5.16. The molecular formula is C16H14O4. The Bertz CT molecular complexity index is 627. The van der Waals surface area contributed by atoms with Gasteiger partial charge in [-0.15, -0.1) is 0 Å². The van der Waals surface area contributed by atoms with Crippen molar-refractivity contribution in [3.8, 4) is 0 Å². The van der Waals surface area contributed by atoms with Gasteiger partial charge in [-0.1, -0.05) is 30.3 Å². The van der Waals surface area contributed by atoms with E-state index in [4.69, 9.17) is 4.74 Å². The van der Waals surface area contributed by atoms with Gasteiger partial charge in [0.15, 0.2) is 5.78 Å². The summed E-state index contributed by atoms with van der Waals surface area (Å²) < 4.78 is 4.89. The zero-order valence-electron chi connectivity index (χ0n) is 10.8. The van der Waals surface area contributed by atoms with Crippen LogP contribution in [0.3, 0.4) is 0 Å². The number of ether oxygens (including phenoxy) is 1. The van der Waals surface area contributed by atoms with E-state index in [0.29, 0.717) is 18.4 Å². The fourth-order valence-electron chi connectivity index (χ4n) is 2.54. The zero-order chi connectivity index (χ0) is 14.2. The normalized spacial score (nSPS) is 24.9. The molecule has 1 atom stereocenters. The zero-order valence-corrected chi connectivity index (χ0v) is 10.8. The molecule has 0 bridgehead atoms. The van der Waals surface area contributed by atoms with E-state index in [9.17, 15) is 14.7 Å². The average molecular weight is 270 g/mol. The van der Waals surface area contributed by atoms with Crippen LogP contribution in [-0.4, -0.2) is 22.5 Å². The van der Waals surface area contributed by atoms with Gasteiger partial charge in [-0.25, -0.2) is 4.79 Å². The molecule has 1 N–H and O–H groups in total. The monoisotopic (exact) mass is 270 g/mol. The highest BCUT2D eigenvalue weighted by molar-refractivity contribution is 6.02. The average Bonchev–Trinajstić information content (AvgIpc) is 2.77. The summed E-state index contributed by atoms with van der Waals surface area (Å²) in [7, 11) is 0. The minimum absolute atomic E-state index is 0.135. The largest absolute Gasteiger partial charge is 0.423 e. The van der Waals surface area contributed by atoms with Gasteiger partial charge in [-0.05, 0) is 18.4 Å². The predicted octanol–water partition coefficient (Wildman–Crippen LogP) is 1.69. The molecule has 1 aliphatic carbocycles. The predicted molar refractivity (Wildman–Crippen MR) is 71.6 cm³/mol. The van der Waals surface area contributed by atoms with E-state index in [-0.39, 0.29) is 12.2 Å². The summed E-state index contributed by atoms with van der Waals surface area (Å²) in [6.07, 6.45) is 3.63. The molecule has 0 saturated carbocycles. The van der Waals surface area contributed by atoms with Crippen molar-refractivity contribution < 1.29 is 19.4 Å². The minimum Gasteiger partial charge on any atom is -0.423 e. The van der Waals surface area contributed by atoms with E-state index in [2.05, 4.69) is 0 Å². The van der Waals surface area contributed by atoms with E-state index < -0.39 is 17.4 Å². The van der Waals surface area contributed by atoms with Crippen LogP contribution in [0.4, 0.5) is 0 Å². The van der Waals surface area contributed by atoms with Crippen molar-refractivity contribution in [3.63, 3.8) is 0 Å². The highest BCUT2D eigenvalue weighted by atomic mass is 16.5. The maximum absolute atomic E-state index is 12.0. The first-order valence-corrected chi connectivity index (χ1v) is 6.52. The van der Waals surface area contributed by atoms with Crippen LogP contribution in [0.1, 0.15) is 18.4 Å². The van der Waals surface area contributed by atoms with Crippen LogP contribution < -0.4 is 0 Å². The molecule has 1 aromatic carbocycles. The third kappa shape index (κ3) is 2.30. The van der Waals surface area contributed by atoms with Crippen LogP contribution in [0.2, 0.25) is 0 Å². The third-order valence-corrected chi connectivity index (χ3v) is 3.69.